The lowest BCUT2D eigenvalue weighted by atomic mass is 10.1. The number of nitrogens with zero attached hydrogens (tertiary/aromatic N) is 1. The van der Waals surface area contributed by atoms with E-state index in [2.05, 4.69) is 38.8 Å². The molecule has 1 N–H and O–H groups in total. The molecule has 0 amide bonds. The zero-order chi connectivity index (χ0) is 20.7. The van der Waals surface area contributed by atoms with Gasteiger partial charge >= 0.3 is 5.69 Å². The summed E-state index contributed by atoms with van der Waals surface area (Å²) < 4.78 is 30.8. The van der Waals surface area contributed by atoms with E-state index in [-0.39, 0.29) is 11.6 Å². The van der Waals surface area contributed by atoms with Crippen molar-refractivity contribution in [3.8, 4) is 0 Å². The number of H-pyrrole nitrogens is 1. The van der Waals surface area contributed by atoms with E-state index in [1.807, 2.05) is 0 Å². The lowest BCUT2D eigenvalue weighted by Crippen LogP contribution is -2.44. The van der Waals surface area contributed by atoms with Crippen molar-refractivity contribution in [2.75, 3.05) is 20.3 Å². The first kappa shape index (κ1) is 21.4. The molecule has 9 nitrogen and oxygen atoms in total. The number of rotatable bonds is 6. The van der Waals surface area contributed by atoms with Crippen LogP contribution < -0.4 is 11.2 Å². The van der Waals surface area contributed by atoms with Crippen molar-refractivity contribution in [2.45, 2.75) is 69.7 Å². The Morgan fingerprint density at radius 1 is 1.14 bits per heavy atom. The molecule has 2 aliphatic rings. The molecule has 0 aliphatic carbocycles. The zero-order valence-corrected chi connectivity index (χ0v) is 18.3. The van der Waals surface area contributed by atoms with Gasteiger partial charge in [0.25, 0.3) is 5.56 Å². The Balaban J connectivity index is 1.82. The van der Waals surface area contributed by atoms with Crippen LogP contribution in [-0.4, -0.2) is 62.8 Å². The van der Waals surface area contributed by atoms with E-state index in [0.29, 0.717) is 6.61 Å². The van der Waals surface area contributed by atoms with Gasteiger partial charge in [0.15, 0.2) is 20.8 Å². The van der Waals surface area contributed by atoms with Gasteiger partial charge in [0.1, 0.15) is 18.3 Å². The number of fused-ring (bicyclic) bond motifs is 1. The maximum absolute atomic E-state index is 12.3. The molecule has 28 heavy (non-hydrogen) atoms. The molecule has 1 aromatic heterocycles. The highest BCUT2D eigenvalue weighted by atomic mass is 28.4. The second-order valence-corrected chi connectivity index (χ2v) is 13.5. The van der Waals surface area contributed by atoms with Crippen LogP contribution >= 0.6 is 0 Å². The van der Waals surface area contributed by atoms with Gasteiger partial charge in [0, 0.05) is 19.4 Å². The maximum atomic E-state index is 12.3. The van der Waals surface area contributed by atoms with Crippen molar-refractivity contribution in [1.29, 1.82) is 0 Å². The summed E-state index contributed by atoms with van der Waals surface area (Å²) in [6.07, 6.45) is -1.15. The summed E-state index contributed by atoms with van der Waals surface area (Å²) in [5.74, 6) is 0. The van der Waals surface area contributed by atoms with Crippen molar-refractivity contribution in [2.24, 2.45) is 0 Å². The van der Waals surface area contributed by atoms with E-state index in [1.54, 1.807) is 7.11 Å². The topological polar surface area (TPSA) is 101 Å². The summed E-state index contributed by atoms with van der Waals surface area (Å²) in [6.45, 7) is 11.5. The number of hydrogen-bond donors (Lipinski definition) is 1. The van der Waals surface area contributed by atoms with Crippen molar-refractivity contribution in [3.63, 3.8) is 0 Å². The first-order chi connectivity index (χ1) is 13.0. The standard InChI is InChI=1S/C18H30N2O7Si/c1-18(2,3)28(5,6)24-9-11-14-15(27-13(26-14)10-23-4)16(25-11)20-8-7-12(21)19-17(20)22/h7-8,11,13-16H,9-10H2,1-6H3,(H,19,21,22)/t11-,13?,14-,15-,16-/m1/s1. The van der Waals surface area contributed by atoms with Crippen LogP contribution in [0, 0.1) is 0 Å². The molecule has 3 heterocycles. The highest BCUT2D eigenvalue weighted by Crippen LogP contribution is 2.41. The van der Waals surface area contributed by atoms with E-state index < -0.39 is 50.4 Å². The Bertz CT molecular complexity index is 800. The lowest BCUT2D eigenvalue weighted by Gasteiger charge is -2.37. The molecule has 2 aliphatic heterocycles. The number of hydrogen-bond acceptors (Lipinski definition) is 7. The summed E-state index contributed by atoms with van der Waals surface area (Å²) in [7, 11) is -0.417. The molecule has 1 aromatic rings. The summed E-state index contributed by atoms with van der Waals surface area (Å²) >= 11 is 0. The first-order valence-corrected chi connectivity index (χ1v) is 12.3. The van der Waals surface area contributed by atoms with Crippen LogP contribution in [0.4, 0.5) is 0 Å². The molecule has 0 bridgehead atoms. The average Bonchev–Trinajstić information content (AvgIpc) is 3.12. The Kier molecular flexibility index (Phi) is 6.00. The van der Waals surface area contributed by atoms with E-state index in [0.717, 1.165) is 0 Å². The Hall–Kier alpha value is -1.30. The van der Waals surface area contributed by atoms with Crippen LogP contribution in [-0.2, 0) is 23.4 Å². The number of nitrogens with one attached hydrogen (secondary N) is 1. The highest BCUT2D eigenvalue weighted by molar-refractivity contribution is 6.74. The van der Waals surface area contributed by atoms with Crippen LogP contribution in [0.15, 0.2) is 21.9 Å². The van der Waals surface area contributed by atoms with Crippen LogP contribution in [0.25, 0.3) is 0 Å². The zero-order valence-electron chi connectivity index (χ0n) is 17.3. The van der Waals surface area contributed by atoms with E-state index in [4.69, 9.17) is 23.4 Å². The van der Waals surface area contributed by atoms with Crippen molar-refractivity contribution in [1.82, 2.24) is 9.55 Å². The molecule has 3 rings (SSSR count). The third kappa shape index (κ3) is 4.17. The first-order valence-electron chi connectivity index (χ1n) is 9.44. The smallest absolute Gasteiger partial charge is 0.330 e. The third-order valence-electron chi connectivity index (χ3n) is 5.75. The Labute approximate surface area is 165 Å². The summed E-state index contributed by atoms with van der Waals surface area (Å²) in [4.78, 5) is 25.9. The van der Waals surface area contributed by atoms with Crippen LogP contribution in [0.5, 0.6) is 0 Å². The van der Waals surface area contributed by atoms with Crippen LogP contribution in [0.3, 0.4) is 0 Å². The predicted octanol–water partition coefficient (Wildman–Crippen LogP) is 1.21. The number of aromatic amines is 1. The molecule has 0 radical (unpaired) electrons. The fourth-order valence-electron chi connectivity index (χ4n) is 3.11. The minimum absolute atomic E-state index is 0.0614. The van der Waals surface area contributed by atoms with Gasteiger partial charge in [-0.3, -0.25) is 14.3 Å². The predicted molar refractivity (Wildman–Crippen MR) is 104 cm³/mol. The van der Waals surface area contributed by atoms with Crippen molar-refractivity contribution < 1.29 is 23.4 Å². The van der Waals surface area contributed by atoms with Gasteiger partial charge in [-0.15, -0.1) is 0 Å². The quantitative estimate of drug-likeness (QED) is 0.698. The lowest BCUT2D eigenvalue weighted by molar-refractivity contribution is -0.167. The molecule has 2 saturated heterocycles. The second-order valence-electron chi connectivity index (χ2n) is 8.74. The van der Waals surface area contributed by atoms with Gasteiger partial charge in [0.05, 0.1) is 13.2 Å². The van der Waals surface area contributed by atoms with Crippen molar-refractivity contribution in [3.05, 3.63) is 33.1 Å². The largest absolute Gasteiger partial charge is 0.414 e. The minimum atomic E-state index is -1.99. The minimum Gasteiger partial charge on any atom is -0.414 e. The van der Waals surface area contributed by atoms with Gasteiger partial charge in [-0.05, 0) is 18.1 Å². The Morgan fingerprint density at radius 3 is 2.43 bits per heavy atom. The Morgan fingerprint density at radius 2 is 1.82 bits per heavy atom. The fraction of sp³-hybridized carbons (Fsp3) is 0.778. The summed E-state index contributed by atoms with van der Waals surface area (Å²) in [6, 6.07) is 1.28. The van der Waals surface area contributed by atoms with Crippen molar-refractivity contribution >= 4 is 8.32 Å². The molecule has 158 valence electrons. The number of aromatic nitrogens is 2. The highest BCUT2D eigenvalue weighted by Gasteiger charge is 2.54. The van der Waals surface area contributed by atoms with Crippen LogP contribution in [0.1, 0.15) is 27.0 Å². The van der Waals surface area contributed by atoms with Gasteiger partial charge in [-0.25, -0.2) is 4.79 Å². The average molecular weight is 415 g/mol. The maximum Gasteiger partial charge on any atom is 0.330 e. The van der Waals surface area contributed by atoms with Gasteiger partial charge in [0.2, 0.25) is 0 Å². The molecule has 0 aromatic carbocycles. The molecule has 0 spiro atoms. The summed E-state index contributed by atoms with van der Waals surface area (Å²) in [5.41, 5.74) is -1.02. The molecule has 0 saturated carbocycles. The van der Waals surface area contributed by atoms with Gasteiger partial charge < -0.3 is 23.4 Å². The second kappa shape index (κ2) is 7.85. The van der Waals surface area contributed by atoms with Crippen LogP contribution in [0.2, 0.25) is 18.1 Å². The molecule has 10 heteroatoms. The summed E-state index contributed by atoms with van der Waals surface area (Å²) in [5, 5.41) is 0.0614. The molecule has 1 unspecified atom stereocenters. The molecule has 2 fully saturated rings. The number of methoxy groups -OCH3 is 1. The van der Waals surface area contributed by atoms with Gasteiger partial charge in [-0.2, -0.15) is 0 Å². The fourth-order valence-corrected chi connectivity index (χ4v) is 4.12. The van der Waals surface area contributed by atoms with E-state index in [1.165, 1.54) is 16.8 Å². The number of ether oxygens (including phenoxy) is 4. The normalized spacial score (nSPS) is 30.6. The molecule has 5 atom stereocenters. The van der Waals surface area contributed by atoms with E-state index in [9.17, 15) is 9.59 Å². The third-order valence-corrected chi connectivity index (χ3v) is 10.2. The van der Waals surface area contributed by atoms with Gasteiger partial charge in [-0.1, -0.05) is 20.8 Å². The van der Waals surface area contributed by atoms with E-state index >= 15 is 0 Å². The molecular formula is C18H30N2O7Si. The SMILES string of the molecule is COCC1O[C@@H]2[C@H](O1)[C@@H](CO[Si](C)(C)C(C)(C)C)O[C@H]2n1ccc(=O)[nH]c1=O. The monoisotopic (exact) mass is 414 g/mol. The molecular weight excluding hydrogens is 384 g/mol.